The fourth-order valence-corrected chi connectivity index (χ4v) is 0. The molecule has 0 amide bonds. The molecule has 4 nitrogen and oxygen atoms in total. The van der Waals surface area contributed by atoms with Crippen LogP contribution in [-0.4, -0.2) is 37.7 Å². The van der Waals surface area contributed by atoms with Gasteiger partial charge >= 0.3 is 30.9 Å². The van der Waals surface area contributed by atoms with Gasteiger partial charge in [0.15, 0.2) is 0 Å². The molecule has 0 bridgehead atoms. The molecule has 3 N–H and O–H groups in total. The maximum atomic E-state index is 8.88. The second-order valence-electron chi connectivity index (χ2n) is 0.513. The third-order valence-corrected chi connectivity index (χ3v) is 0. The molecule has 0 heterocycles. The van der Waals surface area contributed by atoms with E-state index in [1.807, 2.05) is 0 Å². The Morgan fingerprint density at radius 2 is 1.29 bits per heavy atom. The molecule has 0 unspecified atom stereocenters. The number of rotatable bonds is 0. The molecule has 0 aliphatic heterocycles. The molecule has 0 saturated carbocycles. The standard InChI is InChI=1S/Cu.Mg.H3O4P.2H/c;;1-5(2,3)4;;/h;;(H3,1,2,3,4);;/q;+2;;2*-1. The van der Waals surface area contributed by atoms with Crippen molar-refractivity contribution >= 4 is 30.9 Å². The van der Waals surface area contributed by atoms with E-state index in [1.165, 1.54) is 0 Å². The first kappa shape index (κ1) is 15.8. The molecule has 0 spiro atoms. The van der Waals surface area contributed by atoms with Gasteiger partial charge in [0.1, 0.15) is 0 Å². The summed E-state index contributed by atoms with van der Waals surface area (Å²) in [6.45, 7) is 0. The van der Waals surface area contributed by atoms with Crippen LogP contribution in [0, 0.1) is 0 Å². The van der Waals surface area contributed by atoms with Gasteiger partial charge in [-0.15, -0.1) is 0 Å². The molecule has 0 aliphatic rings. The van der Waals surface area contributed by atoms with Gasteiger partial charge < -0.3 is 17.5 Å². The minimum absolute atomic E-state index is 0. The molecule has 0 aromatic heterocycles. The van der Waals surface area contributed by atoms with E-state index in [1.54, 1.807) is 0 Å². The van der Waals surface area contributed by atoms with Crippen LogP contribution in [0.25, 0.3) is 0 Å². The predicted octanol–water partition coefficient (Wildman–Crippen LogP) is -1.09. The first-order valence-corrected chi connectivity index (χ1v) is 2.35. The zero-order chi connectivity index (χ0) is 4.50. The van der Waals surface area contributed by atoms with Crippen molar-refractivity contribution in [1.82, 2.24) is 0 Å². The van der Waals surface area contributed by atoms with Crippen molar-refractivity contribution in [3.05, 3.63) is 0 Å². The summed E-state index contributed by atoms with van der Waals surface area (Å²) in [4.78, 5) is 21.6. The quantitative estimate of drug-likeness (QED) is 0.333. The van der Waals surface area contributed by atoms with Gasteiger partial charge in [-0.3, -0.25) is 0 Å². The third kappa shape index (κ3) is 111. The van der Waals surface area contributed by atoms with Crippen LogP contribution >= 0.6 is 7.82 Å². The molecule has 7 heavy (non-hydrogen) atoms. The van der Waals surface area contributed by atoms with Gasteiger partial charge in [-0.1, -0.05) is 0 Å². The maximum absolute atomic E-state index is 8.88. The molecule has 47 valence electrons. The fraction of sp³-hybridized carbons (Fsp3) is 0. The van der Waals surface area contributed by atoms with Gasteiger partial charge in [0.2, 0.25) is 0 Å². The van der Waals surface area contributed by atoms with Crippen LogP contribution in [0.1, 0.15) is 2.85 Å². The van der Waals surface area contributed by atoms with E-state index >= 15 is 0 Å². The van der Waals surface area contributed by atoms with Crippen LogP contribution in [0.3, 0.4) is 0 Å². The summed E-state index contributed by atoms with van der Waals surface area (Å²) in [6, 6.07) is 0. The maximum Gasteiger partial charge on any atom is 2.00 e. The molecule has 0 aliphatic carbocycles. The predicted molar refractivity (Wildman–Crippen MR) is 22.2 cm³/mol. The smallest absolute Gasteiger partial charge is 1.00 e. The summed E-state index contributed by atoms with van der Waals surface area (Å²) < 4.78 is 8.88. The van der Waals surface area contributed by atoms with Crippen LogP contribution in [0.15, 0.2) is 0 Å². The van der Waals surface area contributed by atoms with E-state index < -0.39 is 7.82 Å². The molecule has 0 atom stereocenters. The summed E-state index contributed by atoms with van der Waals surface area (Å²) >= 11 is 0. The Balaban J connectivity index is -0.0000000133. The second kappa shape index (κ2) is 5.53. The fourth-order valence-electron chi connectivity index (χ4n) is 0. The summed E-state index contributed by atoms with van der Waals surface area (Å²) in [6.07, 6.45) is 0. The van der Waals surface area contributed by atoms with Gasteiger partial charge in [-0.05, 0) is 0 Å². The van der Waals surface area contributed by atoms with E-state index in [0.29, 0.717) is 0 Å². The van der Waals surface area contributed by atoms with Crippen molar-refractivity contribution in [2.24, 2.45) is 0 Å². The molecule has 0 aromatic rings. The molecule has 0 rings (SSSR count). The van der Waals surface area contributed by atoms with E-state index in [0.717, 1.165) is 0 Å². The zero-order valence-electron chi connectivity index (χ0n) is 5.21. The Bertz CT molecular complexity index is 64.7. The minimum Gasteiger partial charge on any atom is -1.00 e. The average Bonchev–Trinajstić information content (AvgIpc) is 0.722. The summed E-state index contributed by atoms with van der Waals surface area (Å²) in [5.41, 5.74) is 0. The second-order valence-corrected chi connectivity index (χ2v) is 1.54. The van der Waals surface area contributed by atoms with Crippen molar-refractivity contribution < 1.29 is 39.2 Å². The first-order chi connectivity index (χ1) is 2.00. The van der Waals surface area contributed by atoms with Crippen molar-refractivity contribution in [3.8, 4) is 0 Å². The molecular weight excluding hydrogens is 183 g/mol. The van der Waals surface area contributed by atoms with Crippen LogP contribution in [0.4, 0.5) is 0 Å². The monoisotopic (exact) mass is 187 g/mol. The van der Waals surface area contributed by atoms with Crippen molar-refractivity contribution in [3.63, 3.8) is 0 Å². The average molecular weight is 188 g/mol. The largest absolute Gasteiger partial charge is 2.00 e. The minimum atomic E-state index is -4.64. The van der Waals surface area contributed by atoms with Crippen molar-refractivity contribution in [2.75, 3.05) is 0 Å². The Morgan fingerprint density at radius 3 is 1.29 bits per heavy atom. The van der Waals surface area contributed by atoms with Gasteiger partial charge in [-0.25, -0.2) is 4.57 Å². The molecule has 1 radical (unpaired) electrons. The number of hydrogen-bond acceptors (Lipinski definition) is 1. The number of phosphoric acid groups is 1. The van der Waals surface area contributed by atoms with Crippen LogP contribution in [0.2, 0.25) is 0 Å². The summed E-state index contributed by atoms with van der Waals surface area (Å²) in [7, 11) is -4.64. The van der Waals surface area contributed by atoms with Gasteiger partial charge in [0.25, 0.3) is 0 Å². The van der Waals surface area contributed by atoms with Gasteiger partial charge in [0, 0.05) is 17.1 Å². The summed E-state index contributed by atoms with van der Waals surface area (Å²) in [5.74, 6) is 0. The van der Waals surface area contributed by atoms with Gasteiger partial charge in [0.05, 0.1) is 0 Å². The molecule has 0 saturated heterocycles. The Kier molecular flexibility index (Phi) is 12.5. The molecule has 0 aromatic carbocycles. The van der Waals surface area contributed by atoms with E-state index in [-0.39, 0.29) is 43.0 Å². The third-order valence-electron chi connectivity index (χ3n) is 0. The van der Waals surface area contributed by atoms with Crippen molar-refractivity contribution in [1.29, 1.82) is 0 Å². The first-order valence-electron chi connectivity index (χ1n) is 0.783. The summed E-state index contributed by atoms with van der Waals surface area (Å²) in [5, 5.41) is 0. The van der Waals surface area contributed by atoms with Crippen LogP contribution < -0.4 is 0 Å². The zero-order valence-corrected chi connectivity index (χ0v) is 6.46. The SMILES string of the molecule is O=P(O)(O)O.[Cu].[H-].[H-].[Mg+2]. The Morgan fingerprint density at radius 1 is 1.29 bits per heavy atom. The van der Waals surface area contributed by atoms with Crippen molar-refractivity contribution in [2.45, 2.75) is 0 Å². The Hall–Kier alpha value is 1.40. The van der Waals surface area contributed by atoms with Gasteiger partial charge in [-0.2, -0.15) is 0 Å². The van der Waals surface area contributed by atoms with E-state index in [9.17, 15) is 0 Å². The number of hydrogen-bond donors (Lipinski definition) is 3. The molecular formula is H5CuMgO4P. The van der Waals surface area contributed by atoms with Crippen LogP contribution in [-0.2, 0) is 21.6 Å². The Labute approximate surface area is 70.1 Å². The normalized spacial score (nSPS) is 8.43. The van der Waals surface area contributed by atoms with Crippen LogP contribution in [0.5, 0.6) is 0 Å². The topological polar surface area (TPSA) is 77.8 Å². The van der Waals surface area contributed by atoms with E-state index in [2.05, 4.69) is 0 Å². The van der Waals surface area contributed by atoms with E-state index in [4.69, 9.17) is 19.2 Å². The molecule has 7 heteroatoms. The molecule has 0 fully saturated rings.